The van der Waals surface area contributed by atoms with Crippen molar-refractivity contribution in [3.05, 3.63) is 62.5 Å². The lowest BCUT2D eigenvalue weighted by Crippen LogP contribution is -2.43. The minimum atomic E-state index is -0.969. The third-order valence-electron chi connectivity index (χ3n) is 6.50. The highest BCUT2D eigenvalue weighted by Crippen LogP contribution is 2.43. The number of ether oxygens (including phenoxy) is 2. The van der Waals surface area contributed by atoms with Gasteiger partial charge in [-0.05, 0) is 32.4 Å². The first-order chi connectivity index (χ1) is 17.6. The van der Waals surface area contributed by atoms with E-state index in [-0.39, 0.29) is 36.5 Å². The molecule has 0 radical (unpaired) electrons. The van der Waals surface area contributed by atoms with E-state index >= 15 is 0 Å². The summed E-state index contributed by atoms with van der Waals surface area (Å²) in [5.41, 5.74) is 1.33. The maximum absolute atomic E-state index is 13.0. The molecule has 11 nitrogen and oxygen atoms in total. The number of aliphatic hydroxyl groups excluding tert-OH is 2. The minimum Gasteiger partial charge on any atom is -0.466 e. The Morgan fingerprint density at radius 2 is 1.73 bits per heavy atom. The van der Waals surface area contributed by atoms with Crippen LogP contribution in [0.3, 0.4) is 0 Å². The first-order valence-corrected chi connectivity index (χ1v) is 12.2. The SMILES string of the molecule is CCCCN(CCO)CC(O)CN1C(C)=C(C(=O)OC)C(c2cccc([N+](=O)[O-])c2)C(C(=O)OC)=C1C. The third-order valence-corrected chi connectivity index (χ3v) is 6.50. The van der Waals surface area contributed by atoms with Crippen molar-refractivity contribution < 1.29 is 34.2 Å². The van der Waals surface area contributed by atoms with Crippen LogP contribution in [0.15, 0.2) is 46.8 Å². The Kier molecular flexibility index (Phi) is 11.2. The van der Waals surface area contributed by atoms with Gasteiger partial charge in [-0.3, -0.25) is 15.0 Å². The smallest absolute Gasteiger partial charge is 0.336 e. The monoisotopic (exact) mass is 519 g/mol. The molecule has 1 heterocycles. The van der Waals surface area contributed by atoms with Crippen molar-refractivity contribution in [2.24, 2.45) is 0 Å². The van der Waals surface area contributed by atoms with Crippen molar-refractivity contribution >= 4 is 17.6 Å². The summed E-state index contributed by atoms with van der Waals surface area (Å²) in [6.07, 6.45) is 1.01. The fourth-order valence-corrected chi connectivity index (χ4v) is 4.66. The lowest BCUT2D eigenvalue weighted by atomic mass is 9.79. The summed E-state index contributed by atoms with van der Waals surface area (Å²) < 4.78 is 10.1. The Hall–Kier alpha value is -3.28. The van der Waals surface area contributed by atoms with Crippen LogP contribution >= 0.6 is 0 Å². The second kappa shape index (κ2) is 13.9. The van der Waals surface area contributed by atoms with Crippen molar-refractivity contribution in [2.75, 3.05) is 47.0 Å². The molecule has 204 valence electrons. The number of hydrogen-bond donors (Lipinski definition) is 2. The molecule has 37 heavy (non-hydrogen) atoms. The third kappa shape index (κ3) is 7.15. The molecule has 1 unspecified atom stereocenters. The summed E-state index contributed by atoms with van der Waals surface area (Å²) in [5.74, 6) is -2.37. The van der Waals surface area contributed by atoms with Gasteiger partial charge in [0, 0.05) is 43.2 Å². The molecule has 0 saturated carbocycles. The molecular formula is C26H37N3O8. The molecule has 1 aliphatic heterocycles. The molecule has 0 bridgehead atoms. The van der Waals surface area contributed by atoms with E-state index in [2.05, 4.69) is 6.92 Å². The number of nitro benzene ring substituents is 1. The summed E-state index contributed by atoms with van der Waals surface area (Å²) in [5, 5.41) is 31.8. The second-order valence-electron chi connectivity index (χ2n) is 8.91. The van der Waals surface area contributed by atoms with E-state index in [4.69, 9.17) is 9.47 Å². The number of rotatable bonds is 13. The zero-order chi connectivity index (χ0) is 27.7. The van der Waals surface area contributed by atoms with Gasteiger partial charge in [0.25, 0.3) is 5.69 Å². The van der Waals surface area contributed by atoms with Crippen molar-refractivity contribution in [1.29, 1.82) is 0 Å². The summed E-state index contributed by atoms with van der Waals surface area (Å²) in [6, 6.07) is 5.75. The topological polar surface area (TPSA) is 143 Å². The van der Waals surface area contributed by atoms with E-state index in [0.29, 0.717) is 30.0 Å². The zero-order valence-electron chi connectivity index (χ0n) is 22.1. The van der Waals surface area contributed by atoms with E-state index < -0.39 is 28.9 Å². The number of benzene rings is 1. The molecular weight excluding hydrogens is 482 g/mol. The van der Waals surface area contributed by atoms with Gasteiger partial charge >= 0.3 is 11.9 Å². The fourth-order valence-electron chi connectivity index (χ4n) is 4.66. The van der Waals surface area contributed by atoms with Crippen LogP contribution in [0.1, 0.15) is 45.1 Å². The normalized spacial score (nSPS) is 15.3. The van der Waals surface area contributed by atoms with Crippen molar-refractivity contribution in [1.82, 2.24) is 9.80 Å². The fraction of sp³-hybridized carbons (Fsp3) is 0.538. The molecule has 11 heteroatoms. The number of non-ortho nitro benzene ring substituents is 1. The molecule has 0 saturated heterocycles. The van der Waals surface area contributed by atoms with E-state index in [1.165, 1.54) is 32.4 Å². The van der Waals surface area contributed by atoms with Crippen molar-refractivity contribution in [3.63, 3.8) is 0 Å². The lowest BCUT2D eigenvalue weighted by Gasteiger charge is -2.39. The van der Waals surface area contributed by atoms with Gasteiger partial charge in [0.1, 0.15) is 0 Å². The highest BCUT2D eigenvalue weighted by molar-refractivity contribution is 5.99. The van der Waals surface area contributed by atoms with Gasteiger partial charge in [0.2, 0.25) is 0 Å². The zero-order valence-corrected chi connectivity index (χ0v) is 22.1. The maximum atomic E-state index is 13.0. The predicted octanol–water partition coefficient (Wildman–Crippen LogP) is 2.34. The summed E-state index contributed by atoms with van der Waals surface area (Å²) in [4.78, 5) is 40.6. The molecule has 0 aromatic heterocycles. The molecule has 0 fully saturated rings. The Morgan fingerprint density at radius 3 is 2.22 bits per heavy atom. The van der Waals surface area contributed by atoms with E-state index in [1.54, 1.807) is 24.8 Å². The average Bonchev–Trinajstić information content (AvgIpc) is 2.88. The van der Waals surface area contributed by atoms with Crippen LogP contribution in [-0.4, -0.2) is 90.0 Å². The summed E-state index contributed by atoms with van der Waals surface area (Å²) >= 11 is 0. The standard InChI is InChI=1S/C26H37N3O8/c1-6-7-11-27(12-13-30)15-21(31)16-28-17(2)22(25(32)36-4)24(23(18(28)3)26(33)37-5)19-9-8-10-20(14-19)29(34)35/h8-10,14,21,24,30-31H,6-7,11-13,15-16H2,1-5H3. The number of unbranched alkanes of at least 4 members (excludes halogenated alkanes) is 1. The summed E-state index contributed by atoms with van der Waals surface area (Å²) in [7, 11) is 2.44. The quantitative estimate of drug-likeness (QED) is 0.226. The number of aliphatic hydroxyl groups is 2. The van der Waals surface area contributed by atoms with Crippen molar-refractivity contribution in [2.45, 2.75) is 45.6 Å². The predicted molar refractivity (Wildman–Crippen MR) is 136 cm³/mol. The van der Waals surface area contributed by atoms with Gasteiger partial charge in [-0.15, -0.1) is 0 Å². The van der Waals surface area contributed by atoms with Gasteiger partial charge in [0.15, 0.2) is 0 Å². The van der Waals surface area contributed by atoms with E-state index in [9.17, 15) is 29.9 Å². The van der Waals surface area contributed by atoms with Gasteiger partial charge in [0.05, 0.1) is 48.9 Å². The van der Waals surface area contributed by atoms with Crippen LogP contribution in [0.5, 0.6) is 0 Å². The van der Waals surface area contributed by atoms with Gasteiger partial charge < -0.3 is 24.6 Å². The van der Waals surface area contributed by atoms with Gasteiger partial charge in [-0.25, -0.2) is 9.59 Å². The maximum Gasteiger partial charge on any atom is 0.336 e. The average molecular weight is 520 g/mol. The highest BCUT2D eigenvalue weighted by atomic mass is 16.6. The molecule has 2 rings (SSSR count). The van der Waals surface area contributed by atoms with Crippen LogP contribution in [0.2, 0.25) is 0 Å². The van der Waals surface area contributed by atoms with Gasteiger partial charge in [-0.2, -0.15) is 0 Å². The molecule has 2 N–H and O–H groups in total. The molecule has 0 amide bonds. The first kappa shape index (κ1) is 29.9. The number of hydrogen-bond acceptors (Lipinski definition) is 10. The van der Waals surface area contributed by atoms with Crippen molar-refractivity contribution in [3.8, 4) is 0 Å². The molecule has 1 atom stereocenters. The number of carbonyl (C=O) groups excluding carboxylic acids is 2. The highest BCUT2D eigenvalue weighted by Gasteiger charge is 2.41. The number of esters is 2. The first-order valence-electron chi connectivity index (χ1n) is 12.2. The van der Waals surface area contributed by atoms with Crippen LogP contribution in [0.25, 0.3) is 0 Å². The molecule has 1 aromatic rings. The van der Waals surface area contributed by atoms with Gasteiger partial charge in [-0.1, -0.05) is 25.5 Å². The molecule has 0 aliphatic carbocycles. The second-order valence-corrected chi connectivity index (χ2v) is 8.91. The number of nitro groups is 1. The number of β-amino-alcohol motifs (C(OH)–C–C–N with tert-alkyl or cyclic N) is 1. The number of methoxy groups -OCH3 is 2. The van der Waals surface area contributed by atoms with Crippen LogP contribution < -0.4 is 0 Å². The van der Waals surface area contributed by atoms with E-state index in [0.717, 1.165) is 12.8 Å². The van der Waals surface area contributed by atoms with E-state index in [1.807, 2.05) is 4.90 Å². The molecule has 1 aromatic carbocycles. The van der Waals surface area contributed by atoms with Crippen LogP contribution in [-0.2, 0) is 19.1 Å². The largest absolute Gasteiger partial charge is 0.466 e. The Balaban J connectivity index is 2.59. The minimum absolute atomic E-state index is 0.0398. The number of nitrogens with zero attached hydrogens (tertiary/aromatic N) is 3. The Morgan fingerprint density at radius 1 is 1.14 bits per heavy atom. The number of carbonyl (C=O) groups is 2. The summed E-state index contributed by atoms with van der Waals surface area (Å²) in [6.45, 7) is 6.87. The number of allylic oxidation sites excluding steroid dienone is 2. The Bertz CT molecular complexity index is 1010. The van der Waals surface area contributed by atoms with Crippen LogP contribution in [0.4, 0.5) is 5.69 Å². The molecule has 1 aliphatic rings. The Labute approximate surface area is 217 Å². The van der Waals surface area contributed by atoms with Crippen LogP contribution in [0, 0.1) is 10.1 Å². The lowest BCUT2D eigenvalue weighted by molar-refractivity contribution is -0.384. The molecule has 0 spiro atoms.